The fourth-order valence-electron chi connectivity index (χ4n) is 3.00. The van der Waals surface area contributed by atoms with E-state index in [-0.39, 0.29) is 0 Å². The standard InChI is InChI=1S/C15H17N5/c1-10-6-8-20(10)15-18-12-4-2-3-11(12)14(19-15)13-5-7-16-9-17-13/h5,7,9-10H,2-4,6,8H2,1H3/t10-/m0/s1. The second-order valence-electron chi connectivity index (χ2n) is 5.58. The zero-order valence-corrected chi connectivity index (χ0v) is 11.6. The Balaban J connectivity index is 1.85. The maximum atomic E-state index is 4.81. The Labute approximate surface area is 118 Å². The zero-order valence-electron chi connectivity index (χ0n) is 11.6. The lowest BCUT2D eigenvalue weighted by molar-refractivity contribution is 0.470. The van der Waals surface area contributed by atoms with Crippen molar-refractivity contribution in [3.8, 4) is 11.4 Å². The predicted molar refractivity (Wildman–Crippen MR) is 76.5 cm³/mol. The van der Waals surface area contributed by atoms with Gasteiger partial charge < -0.3 is 4.90 Å². The molecule has 2 aromatic rings. The fourth-order valence-corrected chi connectivity index (χ4v) is 3.00. The van der Waals surface area contributed by atoms with E-state index in [1.54, 1.807) is 12.5 Å². The van der Waals surface area contributed by atoms with Crippen LogP contribution in [0.1, 0.15) is 31.0 Å². The summed E-state index contributed by atoms with van der Waals surface area (Å²) in [7, 11) is 0. The molecule has 0 unspecified atom stereocenters. The van der Waals surface area contributed by atoms with Gasteiger partial charge in [-0.2, -0.15) is 0 Å². The monoisotopic (exact) mass is 267 g/mol. The number of hydrogen-bond donors (Lipinski definition) is 0. The Kier molecular flexibility index (Phi) is 2.65. The van der Waals surface area contributed by atoms with Gasteiger partial charge in [-0.05, 0) is 38.7 Å². The molecule has 0 saturated carbocycles. The van der Waals surface area contributed by atoms with Crippen molar-refractivity contribution in [3.63, 3.8) is 0 Å². The molecule has 0 spiro atoms. The maximum absolute atomic E-state index is 4.81. The first kappa shape index (κ1) is 11.8. The molecule has 5 nitrogen and oxygen atoms in total. The van der Waals surface area contributed by atoms with E-state index >= 15 is 0 Å². The van der Waals surface area contributed by atoms with Crippen molar-refractivity contribution < 1.29 is 0 Å². The molecule has 2 aromatic heterocycles. The number of aromatic nitrogens is 4. The minimum atomic E-state index is 0.549. The summed E-state index contributed by atoms with van der Waals surface area (Å²) in [5.74, 6) is 0.873. The van der Waals surface area contributed by atoms with Gasteiger partial charge in [0.25, 0.3) is 0 Å². The minimum absolute atomic E-state index is 0.549. The summed E-state index contributed by atoms with van der Waals surface area (Å²) in [5.41, 5.74) is 4.40. The van der Waals surface area contributed by atoms with Crippen LogP contribution in [0.15, 0.2) is 18.6 Å². The third kappa shape index (κ3) is 1.77. The summed E-state index contributed by atoms with van der Waals surface area (Å²) in [6.07, 6.45) is 7.88. The topological polar surface area (TPSA) is 54.8 Å². The van der Waals surface area contributed by atoms with Crippen LogP contribution in [-0.4, -0.2) is 32.5 Å². The van der Waals surface area contributed by atoms with Crippen molar-refractivity contribution >= 4 is 5.95 Å². The molecule has 2 aliphatic rings. The summed E-state index contributed by atoms with van der Waals surface area (Å²) in [4.78, 5) is 20.2. The summed E-state index contributed by atoms with van der Waals surface area (Å²) in [6.45, 7) is 3.29. The van der Waals surface area contributed by atoms with Crippen LogP contribution in [0, 0.1) is 0 Å². The summed E-state index contributed by atoms with van der Waals surface area (Å²) in [6, 6.07) is 2.48. The number of fused-ring (bicyclic) bond motifs is 1. The van der Waals surface area contributed by atoms with Gasteiger partial charge in [0, 0.05) is 30.0 Å². The fraction of sp³-hybridized carbons (Fsp3) is 0.467. The molecule has 0 aromatic carbocycles. The number of rotatable bonds is 2. The molecule has 1 aliphatic heterocycles. The van der Waals surface area contributed by atoms with E-state index in [0.29, 0.717) is 6.04 Å². The second kappa shape index (κ2) is 4.51. The molecule has 3 heterocycles. The molecule has 20 heavy (non-hydrogen) atoms. The first-order chi connectivity index (χ1) is 9.83. The first-order valence-corrected chi connectivity index (χ1v) is 7.26. The SMILES string of the molecule is C[C@H]1CCN1c1nc2c(c(-c3ccncn3)n1)CCC2. The highest BCUT2D eigenvalue weighted by molar-refractivity contribution is 5.62. The van der Waals surface area contributed by atoms with Gasteiger partial charge in [-0.1, -0.05) is 0 Å². The highest BCUT2D eigenvalue weighted by atomic mass is 15.3. The number of aryl methyl sites for hydroxylation is 1. The predicted octanol–water partition coefficient (Wildman–Crippen LogP) is 2.02. The van der Waals surface area contributed by atoms with E-state index < -0.39 is 0 Å². The average Bonchev–Trinajstić information content (AvgIpc) is 2.94. The highest BCUT2D eigenvalue weighted by Crippen LogP contribution is 2.32. The van der Waals surface area contributed by atoms with Gasteiger partial charge in [0.15, 0.2) is 0 Å². The van der Waals surface area contributed by atoms with E-state index in [1.165, 1.54) is 24.1 Å². The third-order valence-electron chi connectivity index (χ3n) is 4.32. The first-order valence-electron chi connectivity index (χ1n) is 7.26. The molecule has 1 aliphatic carbocycles. The Bertz CT molecular complexity index is 640. The van der Waals surface area contributed by atoms with Gasteiger partial charge >= 0.3 is 0 Å². The van der Waals surface area contributed by atoms with E-state index in [1.807, 2.05) is 6.07 Å². The molecule has 0 bridgehead atoms. The lowest BCUT2D eigenvalue weighted by atomic mass is 10.1. The molecular formula is C15H17N5. The summed E-state index contributed by atoms with van der Waals surface area (Å²) < 4.78 is 0. The molecule has 4 rings (SSSR count). The molecule has 0 radical (unpaired) electrons. The van der Waals surface area contributed by atoms with Crippen molar-refractivity contribution in [1.82, 2.24) is 19.9 Å². The van der Waals surface area contributed by atoms with Crippen LogP contribution in [0.3, 0.4) is 0 Å². The normalized spacial score (nSPS) is 20.6. The largest absolute Gasteiger partial charge is 0.338 e. The van der Waals surface area contributed by atoms with Crippen molar-refractivity contribution in [2.75, 3.05) is 11.4 Å². The van der Waals surface area contributed by atoms with Gasteiger partial charge in [-0.3, -0.25) is 0 Å². The van der Waals surface area contributed by atoms with Gasteiger partial charge in [0.1, 0.15) is 6.33 Å². The van der Waals surface area contributed by atoms with Crippen molar-refractivity contribution in [3.05, 3.63) is 29.8 Å². The van der Waals surface area contributed by atoms with Crippen LogP contribution >= 0.6 is 0 Å². The van der Waals surface area contributed by atoms with Gasteiger partial charge in [-0.15, -0.1) is 0 Å². The number of anilines is 1. The average molecular weight is 267 g/mol. The van der Waals surface area contributed by atoms with Crippen LogP contribution in [-0.2, 0) is 12.8 Å². The lowest BCUT2D eigenvalue weighted by Crippen LogP contribution is -2.46. The van der Waals surface area contributed by atoms with Crippen molar-refractivity contribution in [1.29, 1.82) is 0 Å². The molecule has 1 atom stereocenters. The molecule has 0 amide bonds. The van der Waals surface area contributed by atoms with Gasteiger partial charge in [-0.25, -0.2) is 19.9 Å². The smallest absolute Gasteiger partial charge is 0.226 e. The Morgan fingerprint density at radius 2 is 2.20 bits per heavy atom. The summed E-state index contributed by atoms with van der Waals surface area (Å²) >= 11 is 0. The van der Waals surface area contributed by atoms with Crippen LogP contribution in [0.2, 0.25) is 0 Å². The summed E-state index contributed by atoms with van der Waals surface area (Å²) in [5, 5.41) is 0. The van der Waals surface area contributed by atoms with E-state index in [9.17, 15) is 0 Å². The number of nitrogens with zero attached hydrogens (tertiary/aromatic N) is 5. The highest BCUT2D eigenvalue weighted by Gasteiger charge is 2.29. The quantitative estimate of drug-likeness (QED) is 0.833. The maximum Gasteiger partial charge on any atom is 0.226 e. The van der Waals surface area contributed by atoms with Gasteiger partial charge in [0.2, 0.25) is 5.95 Å². The third-order valence-corrected chi connectivity index (χ3v) is 4.32. The Hall–Kier alpha value is -2.04. The second-order valence-corrected chi connectivity index (χ2v) is 5.58. The van der Waals surface area contributed by atoms with Crippen LogP contribution in [0.4, 0.5) is 5.95 Å². The molecule has 0 N–H and O–H groups in total. The van der Waals surface area contributed by atoms with Crippen LogP contribution < -0.4 is 4.90 Å². The molecular weight excluding hydrogens is 250 g/mol. The molecule has 102 valence electrons. The van der Waals surface area contributed by atoms with Crippen LogP contribution in [0.5, 0.6) is 0 Å². The molecule has 1 fully saturated rings. The molecule has 1 saturated heterocycles. The van der Waals surface area contributed by atoms with Crippen LogP contribution in [0.25, 0.3) is 11.4 Å². The number of hydrogen-bond acceptors (Lipinski definition) is 5. The zero-order chi connectivity index (χ0) is 13.5. The van der Waals surface area contributed by atoms with Gasteiger partial charge in [0.05, 0.1) is 11.4 Å². The van der Waals surface area contributed by atoms with E-state index in [4.69, 9.17) is 9.97 Å². The minimum Gasteiger partial charge on any atom is -0.338 e. The Morgan fingerprint density at radius 3 is 2.90 bits per heavy atom. The van der Waals surface area contributed by atoms with E-state index in [2.05, 4.69) is 21.8 Å². The van der Waals surface area contributed by atoms with Crippen molar-refractivity contribution in [2.45, 2.75) is 38.6 Å². The molecule has 5 heteroatoms. The Morgan fingerprint density at radius 1 is 1.25 bits per heavy atom. The lowest BCUT2D eigenvalue weighted by Gasteiger charge is -2.39. The van der Waals surface area contributed by atoms with Crippen molar-refractivity contribution in [2.24, 2.45) is 0 Å². The van der Waals surface area contributed by atoms with E-state index in [0.717, 1.165) is 36.7 Å².